The predicted molar refractivity (Wildman–Crippen MR) is 83.9 cm³/mol. The van der Waals surface area contributed by atoms with E-state index in [2.05, 4.69) is 31.9 Å². The van der Waals surface area contributed by atoms with E-state index in [0.717, 1.165) is 26.3 Å². The molecule has 0 aliphatic rings. The summed E-state index contributed by atoms with van der Waals surface area (Å²) in [5.74, 6) is 0. The highest BCUT2D eigenvalue weighted by atomic mass is 79.9. The maximum atomic E-state index is 12.2. The van der Waals surface area contributed by atoms with E-state index in [9.17, 15) is 4.79 Å². The highest BCUT2D eigenvalue weighted by Crippen LogP contribution is 2.27. The van der Waals surface area contributed by atoms with E-state index < -0.39 is 5.60 Å². The molecule has 1 aromatic heterocycles. The SMILES string of the molecule is CC(C)(C)OC(=O)n1ccc2c(CBr)cc(Br)cc21. The topological polar surface area (TPSA) is 31.2 Å². The molecule has 0 fully saturated rings. The number of hydrogen-bond acceptors (Lipinski definition) is 2. The second-order valence-corrected chi connectivity index (χ2v) is 6.77. The number of carbonyl (C=O) groups excluding carboxylic acids is 1. The van der Waals surface area contributed by atoms with Crippen molar-refractivity contribution in [3.63, 3.8) is 0 Å². The minimum absolute atomic E-state index is 0.360. The van der Waals surface area contributed by atoms with Gasteiger partial charge in [0.05, 0.1) is 5.52 Å². The van der Waals surface area contributed by atoms with Crippen molar-refractivity contribution in [2.24, 2.45) is 0 Å². The molecule has 0 bridgehead atoms. The fourth-order valence-corrected chi connectivity index (χ4v) is 2.82. The summed E-state index contributed by atoms with van der Waals surface area (Å²) < 4.78 is 7.88. The maximum Gasteiger partial charge on any atom is 0.418 e. The lowest BCUT2D eigenvalue weighted by molar-refractivity contribution is 0.0544. The molecule has 0 aliphatic carbocycles. The van der Waals surface area contributed by atoms with Crippen LogP contribution in [0, 0.1) is 0 Å². The van der Waals surface area contributed by atoms with E-state index in [-0.39, 0.29) is 6.09 Å². The molecule has 2 aromatic rings. The summed E-state index contributed by atoms with van der Waals surface area (Å²) in [5.41, 5.74) is 1.47. The Morgan fingerprint density at radius 2 is 2.05 bits per heavy atom. The molecule has 0 amide bonds. The van der Waals surface area contributed by atoms with Gasteiger partial charge in [-0.25, -0.2) is 4.79 Å². The standard InChI is InChI=1S/C14H15Br2NO2/c1-14(2,3)19-13(18)17-5-4-11-9(8-15)6-10(16)7-12(11)17/h4-7H,8H2,1-3H3. The molecule has 0 unspecified atom stereocenters. The van der Waals surface area contributed by atoms with E-state index in [0.29, 0.717) is 0 Å². The van der Waals surface area contributed by atoms with Crippen molar-refractivity contribution in [2.75, 3.05) is 0 Å². The molecule has 102 valence electrons. The Morgan fingerprint density at radius 3 is 2.63 bits per heavy atom. The molecule has 0 saturated heterocycles. The van der Waals surface area contributed by atoms with Crippen LogP contribution in [0.3, 0.4) is 0 Å². The minimum atomic E-state index is -0.502. The number of alkyl halides is 1. The quantitative estimate of drug-likeness (QED) is 0.637. The van der Waals surface area contributed by atoms with Gasteiger partial charge in [0.15, 0.2) is 0 Å². The Hall–Kier alpha value is -0.810. The van der Waals surface area contributed by atoms with Crippen LogP contribution in [0.4, 0.5) is 4.79 Å². The van der Waals surface area contributed by atoms with Crippen molar-refractivity contribution >= 4 is 48.9 Å². The average molecular weight is 389 g/mol. The first-order valence-corrected chi connectivity index (χ1v) is 7.82. The molecule has 0 radical (unpaired) electrons. The van der Waals surface area contributed by atoms with Crippen molar-refractivity contribution in [3.8, 4) is 0 Å². The number of benzene rings is 1. The van der Waals surface area contributed by atoms with Crippen molar-refractivity contribution in [3.05, 3.63) is 34.4 Å². The van der Waals surface area contributed by atoms with Crippen molar-refractivity contribution in [1.29, 1.82) is 0 Å². The smallest absolute Gasteiger partial charge is 0.418 e. The van der Waals surface area contributed by atoms with Crippen LogP contribution in [0.2, 0.25) is 0 Å². The second kappa shape index (κ2) is 5.29. The molecule has 19 heavy (non-hydrogen) atoms. The van der Waals surface area contributed by atoms with Crippen LogP contribution >= 0.6 is 31.9 Å². The van der Waals surface area contributed by atoms with Gasteiger partial charge in [0.2, 0.25) is 0 Å². The molecule has 0 spiro atoms. The largest absolute Gasteiger partial charge is 0.443 e. The van der Waals surface area contributed by atoms with Crippen molar-refractivity contribution < 1.29 is 9.53 Å². The average Bonchev–Trinajstić information content (AvgIpc) is 2.69. The Bertz CT molecular complexity index is 626. The number of ether oxygens (including phenoxy) is 1. The van der Waals surface area contributed by atoms with E-state index in [1.807, 2.05) is 39.0 Å². The van der Waals surface area contributed by atoms with E-state index in [1.54, 1.807) is 6.20 Å². The first kappa shape index (κ1) is 14.6. The first-order chi connectivity index (χ1) is 8.81. The monoisotopic (exact) mass is 387 g/mol. The minimum Gasteiger partial charge on any atom is -0.443 e. The number of nitrogens with zero attached hydrogens (tertiary/aromatic N) is 1. The lowest BCUT2D eigenvalue weighted by atomic mass is 10.1. The zero-order chi connectivity index (χ0) is 14.2. The highest BCUT2D eigenvalue weighted by molar-refractivity contribution is 9.10. The van der Waals surface area contributed by atoms with Gasteiger partial charge >= 0.3 is 6.09 Å². The third-order valence-corrected chi connectivity index (χ3v) is 3.65. The zero-order valence-electron chi connectivity index (χ0n) is 11.0. The van der Waals surface area contributed by atoms with Gasteiger partial charge in [0.1, 0.15) is 5.60 Å². The van der Waals surface area contributed by atoms with Gasteiger partial charge in [-0.3, -0.25) is 4.57 Å². The van der Waals surface area contributed by atoms with Crippen LogP contribution in [0.15, 0.2) is 28.9 Å². The number of rotatable bonds is 1. The van der Waals surface area contributed by atoms with Gasteiger partial charge in [0, 0.05) is 21.4 Å². The van der Waals surface area contributed by atoms with Crippen molar-refractivity contribution in [1.82, 2.24) is 4.57 Å². The van der Waals surface area contributed by atoms with E-state index in [1.165, 1.54) is 4.57 Å². The van der Waals surface area contributed by atoms with Crippen LogP contribution < -0.4 is 0 Å². The van der Waals surface area contributed by atoms with E-state index in [4.69, 9.17) is 4.74 Å². The lowest BCUT2D eigenvalue weighted by Gasteiger charge is -2.19. The van der Waals surface area contributed by atoms with Gasteiger partial charge in [-0.05, 0) is 44.5 Å². The summed E-state index contributed by atoms with van der Waals surface area (Å²) in [6.45, 7) is 5.57. The number of aromatic nitrogens is 1. The summed E-state index contributed by atoms with van der Waals surface area (Å²) in [7, 11) is 0. The molecule has 0 N–H and O–H groups in total. The normalized spacial score (nSPS) is 11.8. The molecular formula is C14H15Br2NO2. The first-order valence-electron chi connectivity index (χ1n) is 5.90. The second-order valence-electron chi connectivity index (χ2n) is 5.30. The molecule has 0 aliphatic heterocycles. The molecule has 5 heteroatoms. The van der Waals surface area contributed by atoms with Crippen LogP contribution in [0.25, 0.3) is 10.9 Å². The lowest BCUT2D eigenvalue weighted by Crippen LogP contribution is -2.26. The number of halogens is 2. The summed E-state index contributed by atoms with van der Waals surface area (Å²) in [6.07, 6.45) is 1.39. The van der Waals surface area contributed by atoms with Gasteiger partial charge in [-0.1, -0.05) is 31.9 Å². The summed E-state index contributed by atoms with van der Waals surface area (Å²) >= 11 is 6.93. The fourth-order valence-electron chi connectivity index (χ4n) is 1.86. The maximum absolute atomic E-state index is 12.2. The Labute approximate surface area is 129 Å². The van der Waals surface area contributed by atoms with Gasteiger partial charge in [-0.15, -0.1) is 0 Å². The summed E-state index contributed by atoms with van der Waals surface area (Å²) in [6, 6.07) is 5.89. The fraction of sp³-hybridized carbons (Fsp3) is 0.357. The molecular weight excluding hydrogens is 374 g/mol. The number of fused-ring (bicyclic) bond motifs is 1. The molecule has 0 atom stereocenters. The van der Waals surface area contributed by atoms with Gasteiger partial charge in [0.25, 0.3) is 0 Å². The van der Waals surface area contributed by atoms with Gasteiger partial charge in [-0.2, -0.15) is 0 Å². The van der Waals surface area contributed by atoms with Crippen LogP contribution in [-0.2, 0) is 10.1 Å². The summed E-state index contributed by atoms with van der Waals surface area (Å²) in [4.78, 5) is 12.2. The Morgan fingerprint density at radius 1 is 1.37 bits per heavy atom. The molecule has 3 nitrogen and oxygen atoms in total. The van der Waals surface area contributed by atoms with Gasteiger partial charge < -0.3 is 4.74 Å². The third kappa shape index (κ3) is 3.20. The van der Waals surface area contributed by atoms with Crippen LogP contribution in [0.1, 0.15) is 26.3 Å². The molecule has 1 heterocycles. The molecule has 1 aromatic carbocycles. The predicted octanol–water partition coefficient (Wildman–Crippen LogP) is 5.08. The summed E-state index contributed by atoms with van der Waals surface area (Å²) in [5, 5.41) is 1.78. The molecule has 0 saturated carbocycles. The number of carbonyl (C=O) groups is 1. The zero-order valence-corrected chi connectivity index (χ0v) is 14.2. The van der Waals surface area contributed by atoms with E-state index >= 15 is 0 Å². The number of hydrogen-bond donors (Lipinski definition) is 0. The molecule has 2 rings (SSSR count). The Kier molecular flexibility index (Phi) is 4.06. The Balaban J connectivity index is 2.51. The van der Waals surface area contributed by atoms with Crippen LogP contribution in [-0.4, -0.2) is 16.3 Å². The van der Waals surface area contributed by atoms with Crippen LogP contribution in [0.5, 0.6) is 0 Å². The highest BCUT2D eigenvalue weighted by Gasteiger charge is 2.19. The third-order valence-electron chi connectivity index (χ3n) is 2.59. The van der Waals surface area contributed by atoms with Crippen molar-refractivity contribution in [2.45, 2.75) is 31.7 Å².